The lowest BCUT2D eigenvalue weighted by molar-refractivity contribution is -0.138. The molecule has 0 bridgehead atoms. The predicted molar refractivity (Wildman–Crippen MR) is 55.6 cm³/mol. The minimum Gasteiger partial charge on any atom is -0.294 e. The second-order valence-corrected chi connectivity index (χ2v) is 3.70. The highest BCUT2D eigenvalue weighted by Gasteiger charge is 2.37. The van der Waals surface area contributed by atoms with Crippen molar-refractivity contribution in [2.45, 2.75) is 33.4 Å². The number of hydrogen-bond donors (Lipinski definition) is 0. The minimum absolute atomic E-state index is 0.170. The number of ketones is 1. The Morgan fingerprint density at radius 3 is 2.25 bits per heavy atom. The van der Waals surface area contributed by atoms with Crippen molar-refractivity contribution in [2.24, 2.45) is 0 Å². The highest BCUT2D eigenvalue weighted by molar-refractivity contribution is 5.97. The summed E-state index contributed by atoms with van der Waals surface area (Å²) in [6.07, 6.45) is -4.21. The van der Waals surface area contributed by atoms with Crippen LogP contribution in [0.15, 0.2) is 12.1 Å². The van der Waals surface area contributed by atoms with Crippen LogP contribution in [0.5, 0.6) is 0 Å². The van der Waals surface area contributed by atoms with Crippen molar-refractivity contribution < 1.29 is 18.0 Å². The summed E-state index contributed by atoms with van der Waals surface area (Å²) in [5, 5.41) is 0. The van der Waals surface area contributed by atoms with Crippen LogP contribution in [0.3, 0.4) is 0 Å². The molecule has 0 saturated carbocycles. The van der Waals surface area contributed by atoms with Gasteiger partial charge in [0.2, 0.25) is 0 Å². The van der Waals surface area contributed by atoms with E-state index in [2.05, 4.69) is 0 Å². The normalized spacial score (nSPS) is 11.6. The van der Waals surface area contributed by atoms with E-state index in [-0.39, 0.29) is 17.5 Å². The molecule has 0 radical (unpaired) electrons. The van der Waals surface area contributed by atoms with Crippen LogP contribution >= 0.6 is 0 Å². The first-order valence-corrected chi connectivity index (χ1v) is 4.99. The van der Waals surface area contributed by atoms with E-state index in [1.54, 1.807) is 13.0 Å². The molecule has 1 aromatic rings. The highest BCUT2D eigenvalue weighted by atomic mass is 19.4. The molecule has 0 aromatic heterocycles. The monoisotopic (exact) mass is 230 g/mol. The van der Waals surface area contributed by atoms with Crippen LogP contribution in [0, 0.1) is 6.92 Å². The smallest absolute Gasteiger partial charge is 0.294 e. The zero-order chi connectivity index (χ0) is 12.5. The van der Waals surface area contributed by atoms with Gasteiger partial charge in [0.15, 0.2) is 5.78 Å². The molecule has 0 fully saturated rings. The van der Waals surface area contributed by atoms with Crippen molar-refractivity contribution in [2.75, 3.05) is 0 Å². The Kier molecular flexibility index (Phi) is 3.41. The Morgan fingerprint density at radius 2 is 1.88 bits per heavy atom. The molecule has 0 saturated heterocycles. The van der Waals surface area contributed by atoms with E-state index in [9.17, 15) is 18.0 Å². The van der Waals surface area contributed by atoms with Gasteiger partial charge in [-0.1, -0.05) is 19.1 Å². The Morgan fingerprint density at radius 1 is 1.31 bits per heavy atom. The van der Waals surface area contributed by atoms with E-state index >= 15 is 0 Å². The largest absolute Gasteiger partial charge is 0.417 e. The predicted octanol–water partition coefficient (Wildman–Crippen LogP) is 3.78. The van der Waals surface area contributed by atoms with Crippen LogP contribution in [-0.2, 0) is 12.6 Å². The van der Waals surface area contributed by atoms with Crippen molar-refractivity contribution >= 4 is 5.78 Å². The molecule has 1 nitrogen and oxygen atoms in total. The zero-order valence-electron chi connectivity index (χ0n) is 9.40. The van der Waals surface area contributed by atoms with Gasteiger partial charge in [-0.25, -0.2) is 0 Å². The summed E-state index contributed by atoms with van der Waals surface area (Å²) in [5.74, 6) is -0.542. The van der Waals surface area contributed by atoms with Crippen molar-refractivity contribution in [1.82, 2.24) is 0 Å². The summed E-state index contributed by atoms with van der Waals surface area (Å²) >= 11 is 0. The van der Waals surface area contributed by atoms with Crippen molar-refractivity contribution in [3.63, 3.8) is 0 Å². The molecule has 0 heterocycles. The van der Waals surface area contributed by atoms with E-state index < -0.39 is 17.5 Å². The lowest BCUT2D eigenvalue weighted by Gasteiger charge is -2.17. The van der Waals surface area contributed by atoms with Gasteiger partial charge in [0.05, 0.1) is 5.56 Å². The maximum Gasteiger partial charge on any atom is 0.417 e. The molecule has 0 unspecified atom stereocenters. The molecular formula is C12H13F3O. The molecule has 0 aliphatic carbocycles. The van der Waals surface area contributed by atoms with E-state index in [1.165, 1.54) is 13.0 Å². The molecule has 88 valence electrons. The second kappa shape index (κ2) is 4.28. The van der Waals surface area contributed by atoms with Crippen molar-refractivity contribution in [3.05, 3.63) is 34.4 Å². The standard InChI is InChI=1S/C12H13F3O/c1-4-9-6-5-7(2)10(8(3)16)11(9)12(13,14)15/h5-6H,4H2,1-3H3. The number of rotatable bonds is 2. The van der Waals surface area contributed by atoms with Crippen LogP contribution in [0.2, 0.25) is 0 Å². The third kappa shape index (κ3) is 2.26. The molecule has 0 atom stereocenters. The fourth-order valence-electron chi connectivity index (χ4n) is 1.82. The van der Waals surface area contributed by atoms with E-state index in [1.807, 2.05) is 0 Å². The third-order valence-corrected chi connectivity index (χ3v) is 2.52. The van der Waals surface area contributed by atoms with Gasteiger partial charge >= 0.3 is 6.18 Å². The van der Waals surface area contributed by atoms with E-state index in [0.29, 0.717) is 5.56 Å². The quantitative estimate of drug-likeness (QED) is 0.706. The molecule has 0 spiro atoms. The van der Waals surface area contributed by atoms with Gasteiger partial charge < -0.3 is 0 Å². The van der Waals surface area contributed by atoms with Crippen molar-refractivity contribution in [1.29, 1.82) is 0 Å². The molecule has 4 heteroatoms. The van der Waals surface area contributed by atoms with Gasteiger partial charge in [-0.15, -0.1) is 0 Å². The fourth-order valence-corrected chi connectivity index (χ4v) is 1.82. The first-order chi connectivity index (χ1) is 7.29. The highest BCUT2D eigenvalue weighted by Crippen LogP contribution is 2.36. The number of Topliss-reactive ketones (excluding diaryl/α,β-unsaturated/α-hetero) is 1. The molecule has 0 aliphatic rings. The summed E-state index contributed by atoms with van der Waals surface area (Å²) < 4.78 is 38.7. The molecular weight excluding hydrogens is 217 g/mol. The van der Waals surface area contributed by atoms with E-state index in [0.717, 1.165) is 6.92 Å². The summed E-state index contributed by atoms with van der Waals surface area (Å²) in [6, 6.07) is 3.00. The molecule has 1 aromatic carbocycles. The number of aryl methyl sites for hydroxylation is 2. The maximum absolute atomic E-state index is 12.9. The van der Waals surface area contributed by atoms with Gasteiger partial charge in [0, 0.05) is 5.56 Å². The lowest BCUT2D eigenvalue weighted by Crippen LogP contribution is -2.16. The Bertz CT molecular complexity index is 419. The summed E-state index contributed by atoms with van der Waals surface area (Å²) in [6.45, 7) is 4.33. The second-order valence-electron chi connectivity index (χ2n) is 3.70. The lowest BCUT2D eigenvalue weighted by atomic mass is 9.92. The van der Waals surface area contributed by atoms with Crippen LogP contribution in [-0.4, -0.2) is 5.78 Å². The minimum atomic E-state index is -4.47. The SMILES string of the molecule is CCc1ccc(C)c(C(C)=O)c1C(F)(F)F. The fraction of sp³-hybridized carbons (Fsp3) is 0.417. The van der Waals surface area contributed by atoms with Crippen molar-refractivity contribution in [3.8, 4) is 0 Å². The Balaban J connectivity index is 3.62. The van der Waals surface area contributed by atoms with Gasteiger partial charge in [-0.05, 0) is 31.4 Å². The summed E-state index contributed by atoms with van der Waals surface area (Å²) in [4.78, 5) is 11.3. The van der Waals surface area contributed by atoms with Gasteiger partial charge in [-0.2, -0.15) is 13.2 Å². The first-order valence-electron chi connectivity index (χ1n) is 4.99. The van der Waals surface area contributed by atoms with Gasteiger partial charge in [-0.3, -0.25) is 4.79 Å². The van der Waals surface area contributed by atoms with Gasteiger partial charge in [0.25, 0.3) is 0 Å². The number of benzene rings is 1. The number of halogens is 3. The summed E-state index contributed by atoms with van der Waals surface area (Å²) in [7, 11) is 0. The average Bonchev–Trinajstić information content (AvgIpc) is 2.15. The van der Waals surface area contributed by atoms with Crippen LogP contribution in [0.25, 0.3) is 0 Å². The van der Waals surface area contributed by atoms with Crippen LogP contribution in [0.4, 0.5) is 13.2 Å². The Hall–Kier alpha value is -1.32. The van der Waals surface area contributed by atoms with Crippen LogP contribution in [0.1, 0.15) is 40.9 Å². The zero-order valence-corrected chi connectivity index (χ0v) is 9.40. The first kappa shape index (κ1) is 12.7. The van der Waals surface area contributed by atoms with E-state index in [4.69, 9.17) is 0 Å². The number of carbonyl (C=O) groups excluding carboxylic acids is 1. The Labute approximate surface area is 92.3 Å². The number of alkyl halides is 3. The number of carbonyl (C=O) groups is 1. The third-order valence-electron chi connectivity index (χ3n) is 2.52. The maximum atomic E-state index is 12.9. The molecule has 0 N–H and O–H groups in total. The average molecular weight is 230 g/mol. The summed E-state index contributed by atoms with van der Waals surface area (Å²) in [5.41, 5.74) is -0.435. The van der Waals surface area contributed by atoms with Gasteiger partial charge in [0.1, 0.15) is 0 Å². The molecule has 0 amide bonds. The van der Waals surface area contributed by atoms with Crippen LogP contribution < -0.4 is 0 Å². The number of hydrogen-bond acceptors (Lipinski definition) is 1. The molecule has 16 heavy (non-hydrogen) atoms. The topological polar surface area (TPSA) is 17.1 Å². The molecule has 1 rings (SSSR count). The molecule has 0 aliphatic heterocycles.